The Hall–Kier alpha value is -1.06. The van der Waals surface area contributed by atoms with Crippen LogP contribution in [0.25, 0.3) is 0 Å². The van der Waals surface area contributed by atoms with Crippen molar-refractivity contribution in [2.75, 3.05) is 0 Å². The summed E-state index contributed by atoms with van der Waals surface area (Å²) in [5, 5.41) is 0. The number of primary amides is 2. The number of unbranched alkanes of at least 4 members (excludes halogenated alkanes) is 18. The average molecular weight is 481 g/mol. The molecule has 0 aromatic rings. The van der Waals surface area contributed by atoms with Crippen LogP contribution >= 0.6 is 0 Å². The van der Waals surface area contributed by atoms with E-state index >= 15 is 0 Å². The number of carbonyl (C=O) groups is 2. The maximum atomic E-state index is 11.9. The summed E-state index contributed by atoms with van der Waals surface area (Å²) in [7, 11) is 0. The van der Waals surface area contributed by atoms with Crippen LogP contribution in [0.3, 0.4) is 0 Å². The van der Waals surface area contributed by atoms with E-state index in [-0.39, 0.29) is 23.7 Å². The maximum absolute atomic E-state index is 11.9. The summed E-state index contributed by atoms with van der Waals surface area (Å²) in [5.74, 6) is -0.636. The van der Waals surface area contributed by atoms with Crippen LogP contribution in [0.2, 0.25) is 0 Å². The lowest BCUT2D eigenvalue weighted by atomic mass is 9.88. The molecule has 0 bridgehead atoms. The SMILES string of the molecule is CCCCCCCCCCCCC(CCC(CCCCCCCCCCCC)C(N)=O)C(N)=O. The molecule has 0 aromatic carbocycles. The summed E-state index contributed by atoms with van der Waals surface area (Å²) < 4.78 is 0. The molecule has 4 heteroatoms. The Balaban J connectivity index is 3.89. The summed E-state index contributed by atoms with van der Waals surface area (Å²) in [6.45, 7) is 4.51. The molecule has 0 aliphatic heterocycles. The monoisotopic (exact) mass is 480 g/mol. The molecule has 0 aliphatic rings. The van der Waals surface area contributed by atoms with Crippen LogP contribution in [0, 0.1) is 11.8 Å². The van der Waals surface area contributed by atoms with E-state index < -0.39 is 0 Å². The smallest absolute Gasteiger partial charge is 0.220 e. The molecule has 4 N–H and O–H groups in total. The van der Waals surface area contributed by atoms with Crippen LogP contribution in [0.5, 0.6) is 0 Å². The van der Waals surface area contributed by atoms with E-state index in [4.69, 9.17) is 11.5 Å². The van der Waals surface area contributed by atoms with E-state index in [0.717, 1.165) is 25.7 Å². The molecule has 2 amide bonds. The average Bonchev–Trinajstić information content (AvgIpc) is 2.81. The van der Waals surface area contributed by atoms with Gasteiger partial charge in [-0.2, -0.15) is 0 Å². The van der Waals surface area contributed by atoms with Crippen molar-refractivity contribution >= 4 is 11.8 Å². The van der Waals surface area contributed by atoms with Gasteiger partial charge in [0.15, 0.2) is 0 Å². The molecule has 0 heterocycles. The minimum absolute atomic E-state index is 0.108. The topological polar surface area (TPSA) is 86.2 Å². The van der Waals surface area contributed by atoms with Gasteiger partial charge in [0.1, 0.15) is 0 Å². The normalized spacial score (nSPS) is 13.1. The quantitative estimate of drug-likeness (QED) is 0.115. The van der Waals surface area contributed by atoms with Crippen LogP contribution < -0.4 is 11.5 Å². The molecule has 2 unspecified atom stereocenters. The molecule has 0 spiro atoms. The highest BCUT2D eigenvalue weighted by molar-refractivity contribution is 5.78. The van der Waals surface area contributed by atoms with Gasteiger partial charge in [0.2, 0.25) is 11.8 Å². The van der Waals surface area contributed by atoms with E-state index in [2.05, 4.69) is 13.8 Å². The highest BCUT2D eigenvalue weighted by Crippen LogP contribution is 2.23. The van der Waals surface area contributed by atoms with E-state index in [1.807, 2.05) is 0 Å². The fourth-order valence-corrected chi connectivity index (χ4v) is 5.02. The molecule has 4 nitrogen and oxygen atoms in total. The maximum Gasteiger partial charge on any atom is 0.220 e. The summed E-state index contributed by atoms with van der Waals surface area (Å²) in [6.07, 6.45) is 28.9. The molecule has 0 fully saturated rings. The van der Waals surface area contributed by atoms with Crippen molar-refractivity contribution in [2.24, 2.45) is 23.3 Å². The Morgan fingerprint density at radius 1 is 0.412 bits per heavy atom. The van der Waals surface area contributed by atoms with Crippen molar-refractivity contribution in [1.82, 2.24) is 0 Å². The van der Waals surface area contributed by atoms with Gasteiger partial charge in [-0.05, 0) is 25.7 Å². The molecule has 0 aliphatic carbocycles. The second kappa shape index (κ2) is 25.0. The number of nitrogens with two attached hydrogens (primary N) is 2. The van der Waals surface area contributed by atoms with Gasteiger partial charge in [-0.15, -0.1) is 0 Å². The van der Waals surface area contributed by atoms with Gasteiger partial charge in [-0.3, -0.25) is 9.59 Å². The first-order valence-electron chi connectivity index (χ1n) is 15.1. The molecular formula is C30H60N2O2. The lowest BCUT2D eigenvalue weighted by Gasteiger charge is -2.17. The highest BCUT2D eigenvalue weighted by atomic mass is 16.1. The predicted octanol–water partition coefficient (Wildman–Crippen LogP) is 8.59. The van der Waals surface area contributed by atoms with Gasteiger partial charge in [0.25, 0.3) is 0 Å². The van der Waals surface area contributed by atoms with Crippen molar-refractivity contribution < 1.29 is 9.59 Å². The Morgan fingerprint density at radius 2 is 0.647 bits per heavy atom. The molecule has 0 aromatic heterocycles. The molecule has 2 atom stereocenters. The third-order valence-corrected chi connectivity index (χ3v) is 7.48. The van der Waals surface area contributed by atoms with Crippen molar-refractivity contribution in [3.8, 4) is 0 Å². The zero-order valence-electron chi connectivity index (χ0n) is 23.1. The fourth-order valence-electron chi connectivity index (χ4n) is 5.02. The van der Waals surface area contributed by atoms with Gasteiger partial charge in [0.05, 0.1) is 0 Å². The van der Waals surface area contributed by atoms with Gasteiger partial charge in [0, 0.05) is 11.8 Å². The number of hydrogen-bond donors (Lipinski definition) is 2. The second-order valence-electron chi connectivity index (χ2n) is 10.7. The molecule has 34 heavy (non-hydrogen) atoms. The first-order valence-corrected chi connectivity index (χ1v) is 15.1. The first-order chi connectivity index (χ1) is 16.5. The van der Waals surface area contributed by atoms with Crippen molar-refractivity contribution in [3.63, 3.8) is 0 Å². The zero-order valence-corrected chi connectivity index (χ0v) is 23.1. The van der Waals surface area contributed by atoms with E-state index in [9.17, 15) is 9.59 Å². The minimum Gasteiger partial charge on any atom is -0.369 e. The lowest BCUT2D eigenvalue weighted by molar-refractivity contribution is -0.124. The summed E-state index contributed by atoms with van der Waals surface area (Å²) in [4.78, 5) is 23.8. The Labute approximate surface area is 212 Å². The standard InChI is InChI=1S/C30H60N2O2/c1-3-5-7-9-11-13-15-17-19-21-23-27(29(31)33)25-26-28(30(32)34)24-22-20-18-16-14-12-10-8-6-4-2/h27-28H,3-26H2,1-2H3,(H2,31,33)(H2,32,34). The number of carbonyl (C=O) groups excluding carboxylic acids is 2. The van der Waals surface area contributed by atoms with Crippen LogP contribution in [-0.4, -0.2) is 11.8 Å². The van der Waals surface area contributed by atoms with Gasteiger partial charge < -0.3 is 11.5 Å². The predicted molar refractivity (Wildman–Crippen MR) is 148 cm³/mol. The third kappa shape index (κ3) is 21.5. The van der Waals surface area contributed by atoms with Crippen LogP contribution in [0.4, 0.5) is 0 Å². The largest absolute Gasteiger partial charge is 0.369 e. The third-order valence-electron chi connectivity index (χ3n) is 7.48. The van der Waals surface area contributed by atoms with Crippen molar-refractivity contribution in [3.05, 3.63) is 0 Å². The molecular weight excluding hydrogens is 420 g/mol. The van der Waals surface area contributed by atoms with Gasteiger partial charge >= 0.3 is 0 Å². The molecule has 0 saturated carbocycles. The Bertz CT molecular complexity index is 425. The molecule has 0 radical (unpaired) electrons. The van der Waals surface area contributed by atoms with Crippen LogP contribution in [0.1, 0.15) is 168 Å². The molecule has 202 valence electrons. The summed E-state index contributed by atoms with van der Waals surface area (Å²) in [6, 6.07) is 0. The minimum atomic E-state index is -0.210. The summed E-state index contributed by atoms with van der Waals surface area (Å²) >= 11 is 0. The van der Waals surface area contributed by atoms with Crippen molar-refractivity contribution in [2.45, 2.75) is 168 Å². The van der Waals surface area contributed by atoms with E-state index in [1.165, 1.54) is 116 Å². The zero-order chi connectivity index (χ0) is 25.3. The highest BCUT2D eigenvalue weighted by Gasteiger charge is 2.20. The lowest BCUT2D eigenvalue weighted by Crippen LogP contribution is -2.27. The summed E-state index contributed by atoms with van der Waals surface area (Å²) in [5.41, 5.74) is 11.3. The van der Waals surface area contributed by atoms with Gasteiger partial charge in [-0.1, -0.05) is 142 Å². The number of hydrogen-bond acceptors (Lipinski definition) is 2. The molecule has 0 rings (SSSR count). The number of amides is 2. The van der Waals surface area contributed by atoms with Crippen LogP contribution in [0.15, 0.2) is 0 Å². The van der Waals surface area contributed by atoms with Gasteiger partial charge in [-0.25, -0.2) is 0 Å². The number of rotatable bonds is 27. The van der Waals surface area contributed by atoms with Crippen LogP contribution in [-0.2, 0) is 9.59 Å². The van der Waals surface area contributed by atoms with E-state index in [0.29, 0.717) is 12.8 Å². The first kappa shape index (κ1) is 32.9. The Morgan fingerprint density at radius 3 is 0.882 bits per heavy atom. The Kier molecular flexibility index (Phi) is 24.3. The molecule has 0 saturated heterocycles. The van der Waals surface area contributed by atoms with E-state index in [1.54, 1.807) is 0 Å². The fraction of sp³-hybridized carbons (Fsp3) is 0.933. The second-order valence-corrected chi connectivity index (χ2v) is 10.7. The van der Waals surface area contributed by atoms with Crippen molar-refractivity contribution in [1.29, 1.82) is 0 Å².